The fourth-order valence-electron chi connectivity index (χ4n) is 2.81. The van der Waals surface area contributed by atoms with E-state index in [0.29, 0.717) is 29.5 Å². The fourth-order valence-corrected chi connectivity index (χ4v) is 2.98. The molecule has 0 atom stereocenters. The van der Waals surface area contributed by atoms with Crippen molar-refractivity contribution in [2.75, 3.05) is 26.2 Å². The number of aliphatic hydroxyl groups is 1. The van der Waals surface area contributed by atoms with Gasteiger partial charge in [0.1, 0.15) is 11.4 Å². The zero-order valence-corrected chi connectivity index (χ0v) is 14.2. The van der Waals surface area contributed by atoms with Gasteiger partial charge in [-0.15, -0.1) is 0 Å². The van der Waals surface area contributed by atoms with Crippen molar-refractivity contribution in [3.05, 3.63) is 53.1 Å². The van der Waals surface area contributed by atoms with Crippen LogP contribution in [-0.2, 0) is 0 Å². The van der Waals surface area contributed by atoms with E-state index < -0.39 is 0 Å². The van der Waals surface area contributed by atoms with Crippen molar-refractivity contribution in [3.63, 3.8) is 0 Å². The lowest BCUT2D eigenvalue weighted by Gasteiger charge is -2.27. The largest absolute Gasteiger partial charge is 0.454 e. The van der Waals surface area contributed by atoms with Gasteiger partial charge in [0, 0.05) is 30.2 Å². The second-order valence-electron chi connectivity index (χ2n) is 5.73. The first kappa shape index (κ1) is 15.8. The quantitative estimate of drug-likeness (QED) is 0.843. The van der Waals surface area contributed by atoms with E-state index in [1.807, 2.05) is 40.1 Å². The maximum Gasteiger partial charge on any atom is 0.153 e. The van der Waals surface area contributed by atoms with Crippen LogP contribution < -0.4 is 4.74 Å². The van der Waals surface area contributed by atoms with Gasteiger partial charge in [-0.2, -0.15) is 0 Å². The summed E-state index contributed by atoms with van der Waals surface area (Å²) in [5.41, 5.74) is 1.57. The number of benzene rings is 2. The minimum atomic E-state index is 0.0954. The number of fused-ring (bicyclic) bond motifs is 2. The van der Waals surface area contributed by atoms with Crippen LogP contribution in [0.15, 0.2) is 47.5 Å². The van der Waals surface area contributed by atoms with E-state index in [-0.39, 0.29) is 6.61 Å². The fraction of sp³-hybridized carbons (Fsp3) is 0.211. The summed E-state index contributed by atoms with van der Waals surface area (Å²) in [6, 6.07) is 19.4. The predicted molar refractivity (Wildman–Crippen MR) is 97.3 cm³/mol. The smallest absolute Gasteiger partial charge is 0.153 e. The Morgan fingerprint density at radius 1 is 1.12 bits per heavy atom. The average Bonchev–Trinajstić information content (AvgIpc) is 2.79. The number of para-hydroxylation sites is 1. The van der Waals surface area contributed by atoms with Gasteiger partial charge in [-0.25, -0.2) is 4.99 Å². The number of hydrogen-bond acceptors (Lipinski definition) is 5. The van der Waals surface area contributed by atoms with Gasteiger partial charge >= 0.3 is 0 Å². The Hall–Kier alpha value is -2.68. The molecule has 6 heteroatoms. The highest BCUT2D eigenvalue weighted by molar-refractivity contribution is 6.31. The molecule has 0 aliphatic carbocycles. The molecule has 0 amide bonds. The molecular formula is C19H16ClN3O2. The van der Waals surface area contributed by atoms with Gasteiger partial charge in [0.05, 0.1) is 18.7 Å². The molecule has 0 saturated heterocycles. The Bertz CT molecular complexity index is 901. The van der Waals surface area contributed by atoms with Crippen LogP contribution in [0.1, 0.15) is 5.56 Å². The van der Waals surface area contributed by atoms with Crippen LogP contribution in [0.4, 0.5) is 5.69 Å². The summed E-state index contributed by atoms with van der Waals surface area (Å²) < 4.78 is 6.05. The summed E-state index contributed by atoms with van der Waals surface area (Å²) in [4.78, 5) is 8.63. The predicted octanol–water partition coefficient (Wildman–Crippen LogP) is 3.05. The third-order valence-corrected chi connectivity index (χ3v) is 4.29. The van der Waals surface area contributed by atoms with Crippen LogP contribution in [0.3, 0.4) is 0 Å². The van der Waals surface area contributed by atoms with Crippen LogP contribution in [0, 0.1) is 12.1 Å². The van der Waals surface area contributed by atoms with Crippen LogP contribution in [0.25, 0.3) is 0 Å². The van der Waals surface area contributed by atoms with Crippen LogP contribution in [0.2, 0.25) is 5.02 Å². The molecule has 2 heterocycles. The Morgan fingerprint density at radius 3 is 2.80 bits per heavy atom. The summed E-state index contributed by atoms with van der Waals surface area (Å²) >= 11 is 6.13. The first-order valence-corrected chi connectivity index (χ1v) is 8.42. The molecule has 0 fully saturated rings. The third kappa shape index (κ3) is 3.14. The van der Waals surface area contributed by atoms with Crippen LogP contribution >= 0.6 is 11.6 Å². The van der Waals surface area contributed by atoms with Crippen molar-refractivity contribution in [2.45, 2.75) is 0 Å². The minimum absolute atomic E-state index is 0.0954. The van der Waals surface area contributed by atoms with E-state index in [1.54, 1.807) is 12.1 Å². The summed E-state index contributed by atoms with van der Waals surface area (Å²) in [5, 5.41) is 9.67. The molecule has 2 aliphatic rings. The molecule has 4 rings (SSSR count). The molecule has 0 bridgehead atoms. The number of β-amino-alcohol motifs (C(OH)–C–C–N with tert-alkyl or cyclic N) is 1. The monoisotopic (exact) mass is 353 g/mol. The average molecular weight is 354 g/mol. The number of ether oxygens (including phenoxy) is 1. The number of amidine groups is 1. The van der Waals surface area contributed by atoms with E-state index in [0.717, 1.165) is 23.7 Å². The summed E-state index contributed by atoms with van der Waals surface area (Å²) in [6.07, 6.45) is 0. The van der Waals surface area contributed by atoms with Crippen molar-refractivity contribution in [3.8, 4) is 23.6 Å². The van der Waals surface area contributed by atoms with E-state index in [4.69, 9.17) is 26.4 Å². The van der Waals surface area contributed by atoms with Crippen molar-refractivity contribution >= 4 is 23.1 Å². The van der Waals surface area contributed by atoms with Gasteiger partial charge in [0.2, 0.25) is 0 Å². The van der Waals surface area contributed by atoms with E-state index in [9.17, 15) is 0 Å². The van der Waals surface area contributed by atoms with E-state index in [2.05, 4.69) is 12.1 Å². The summed E-state index contributed by atoms with van der Waals surface area (Å²) in [5.74, 6) is 2.15. The normalized spacial score (nSPS) is 15.2. The maximum absolute atomic E-state index is 9.06. The van der Waals surface area contributed by atoms with E-state index >= 15 is 0 Å². The van der Waals surface area contributed by atoms with Gasteiger partial charge in [-0.3, -0.25) is 4.90 Å². The SMILES string of the molecule is OCCN1C#CN(C2=Nc3cc(Cl)ccc3Oc3ccccc32)CC1. The van der Waals surface area contributed by atoms with Crippen LogP contribution in [-0.4, -0.2) is 47.0 Å². The Morgan fingerprint density at radius 2 is 2.00 bits per heavy atom. The number of halogens is 1. The topological polar surface area (TPSA) is 48.3 Å². The lowest BCUT2D eigenvalue weighted by molar-refractivity contribution is 0.235. The Labute approximate surface area is 151 Å². The molecule has 2 aliphatic heterocycles. The van der Waals surface area contributed by atoms with Gasteiger partial charge in [0.25, 0.3) is 0 Å². The highest BCUT2D eigenvalue weighted by atomic mass is 35.5. The molecule has 25 heavy (non-hydrogen) atoms. The summed E-state index contributed by atoms with van der Waals surface area (Å²) in [7, 11) is 0. The molecule has 0 aromatic heterocycles. The third-order valence-electron chi connectivity index (χ3n) is 4.06. The molecule has 126 valence electrons. The number of nitrogens with zero attached hydrogens (tertiary/aromatic N) is 3. The second-order valence-corrected chi connectivity index (χ2v) is 6.17. The van der Waals surface area contributed by atoms with Crippen molar-refractivity contribution in [2.24, 2.45) is 4.99 Å². The molecule has 1 N–H and O–H groups in total. The molecule has 5 nitrogen and oxygen atoms in total. The molecule has 2 aromatic rings. The van der Waals surface area contributed by atoms with Crippen molar-refractivity contribution in [1.82, 2.24) is 9.80 Å². The van der Waals surface area contributed by atoms with Gasteiger partial charge in [0.15, 0.2) is 11.6 Å². The number of aliphatic hydroxyl groups excluding tert-OH is 1. The maximum atomic E-state index is 9.06. The zero-order valence-electron chi connectivity index (χ0n) is 13.4. The lowest BCUT2D eigenvalue weighted by atomic mass is 10.1. The molecule has 0 spiro atoms. The van der Waals surface area contributed by atoms with Crippen molar-refractivity contribution in [1.29, 1.82) is 0 Å². The zero-order chi connectivity index (χ0) is 17.2. The molecule has 2 aromatic carbocycles. The Kier molecular flexibility index (Phi) is 4.22. The Balaban J connectivity index is 1.80. The minimum Gasteiger partial charge on any atom is -0.454 e. The first-order chi connectivity index (χ1) is 12.2. The first-order valence-electron chi connectivity index (χ1n) is 8.05. The number of aliphatic imine (C=N–C) groups is 1. The molecular weight excluding hydrogens is 338 g/mol. The highest BCUT2D eigenvalue weighted by Gasteiger charge is 2.23. The van der Waals surface area contributed by atoms with E-state index in [1.165, 1.54) is 0 Å². The number of hydrogen-bond donors (Lipinski definition) is 1. The molecule has 0 unspecified atom stereocenters. The van der Waals surface area contributed by atoms with Gasteiger partial charge < -0.3 is 14.7 Å². The van der Waals surface area contributed by atoms with Crippen molar-refractivity contribution < 1.29 is 9.84 Å². The summed E-state index contributed by atoms with van der Waals surface area (Å²) in [6.45, 7) is 2.07. The molecule has 0 radical (unpaired) electrons. The standard InChI is InChI=1S/C19H16ClN3O2/c20-14-5-6-18-16(13-14)21-19(15-3-1-2-4-17(15)25-18)23-9-7-22(8-10-23)11-12-24/h1-6,13,24H,7,9,11-12H2. The van der Waals surface area contributed by atoms with Gasteiger partial charge in [-0.1, -0.05) is 23.7 Å². The van der Waals surface area contributed by atoms with Gasteiger partial charge in [-0.05, 0) is 30.3 Å². The lowest BCUT2D eigenvalue weighted by Crippen LogP contribution is -2.39. The second kappa shape index (κ2) is 6.67. The highest BCUT2D eigenvalue weighted by Crippen LogP contribution is 2.39. The number of rotatable bonds is 2. The van der Waals surface area contributed by atoms with Crippen LogP contribution in [0.5, 0.6) is 11.5 Å². The molecule has 0 saturated carbocycles.